The van der Waals surface area contributed by atoms with Crippen LogP contribution in [0.15, 0.2) is 71.9 Å². The lowest BCUT2D eigenvalue weighted by Gasteiger charge is -2.09. The molecule has 0 aliphatic carbocycles. The minimum Gasteiger partial charge on any atom is -0.487 e. The van der Waals surface area contributed by atoms with Crippen LogP contribution in [0.1, 0.15) is 27.0 Å². The molecule has 0 aromatic heterocycles. The zero-order chi connectivity index (χ0) is 20.8. The Morgan fingerprint density at radius 3 is 2.59 bits per heavy atom. The summed E-state index contributed by atoms with van der Waals surface area (Å²) < 4.78 is 18.7. The van der Waals surface area contributed by atoms with Gasteiger partial charge in [-0.2, -0.15) is 0 Å². The van der Waals surface area contributed by atoms with E-state index in [4.69, 9.17) is 26.9 Å². The second kappa shape index (κ2) is 9.21. The molecule has 3 aromatic rings. The van der Waals surface area contributed by atoms with Gasteiger partial charge in [-0.15, -0.1) is 0 Å². The van der Waals surface area contributed by atoms with Crippen molar-refractivity contribution in [2.75, 3.05) is 0 Å². The molecule has 0 saturated heterocycles. The van der Waals surface area contributed by atoms with E-state index in [0.29, 0.717) is 16.3 Å². The SMILES string of the molecule is Cc1ccc(Cl)c(OCc2cccc(C(=O)O/N=C(\N)c3ccc(F)cc3)c2)c1. The van der Waals surface area contributed by atoms with Crippen LogP contribution in [0.2, 0.25) is 5.02 Å². The summed E-state index contributed by atoms with van der Waals surface area (Å²) in [6.07, 6.45) is 0. The number of carbonyl (C=O) groups is 1. The van der Waals surface area contributed by atoms with Crippen LogP contribution in [0.5, 0.6) is 5.75 Å². The maximum atomic E-state index is 13.0. The number of halogens is 2. The zero-order valence-corrected chi connectivity index (χ0v) is 16.3. The van der Waals surface area contributed by atoms with Crippen molar-refractivity contribution in [1.29, 1.82) is 0 Å². The van der Waals surface area contributed by atoms with Gasteiger partial charge in [0.25, 0.3) is 0 Å². The molecule has 3 rings (SSSR count). The van der Waals surface area contributed by atoms with Gasteiger partial charge in [0.2, 0.25) is 0 Å². The Balaban J connectivity index is 1.65. The molecule has 7 heteroatoms. The van der Waals surface area contributed by atoms with Crippen molar-refractivity contribution in [3.05, 3.63) is 99.8 Å². The van der Waals surface area contributed by atoms with Crippen molar-refractivity contribution in [1.82, 2.24) is 0 Å². The molecule has 3 aromatic carbocycles. The molecule has 0 spiro atoms. The molecule has 0 aliphatic rings. The Morgan fingerprint density at radius 1 is 1.07 bits per heavy atom. The van der Waals surface area contributed by atoms with Gasteiger partial charge in [0.15, 0.2) is 5.84 Å². The quantitative estimate of drug-likeness (QED) is 0.272. The number of benzene rings is 3. The van der Waals surface area contributed by atoms with Crippen molar-refractivity contribution in [3.63, 3.8) is 0 Å². The predicted octanol–water partition coefficient (Wildman–Crippen LogP) is 4.84. The first-order valence-electron chi connectivity index (χ1n) is 8.71. The fourth-order valence-corrected chi connectivity index (χ4v) is 2.66. The highest BCUT2D eigenvalue weighted by Gasteiger charge is 2.10. The van der Waals surface area contributed by atoms with Crippen LogP contribution in [-0.4, -0.2) is 11.8 Å². The number of oxime groups is 1. The second-order valence-electron chi connectivity index (χ2n) is 6.29. The van der Waals surface area contributed by atoms with Crippen LogP contribution >= 0.6 is 11.6 Å². The van der Waals surface area contributed by atoms with Gasteiger partial charge in [0.05, 0.1) is 10.6 Å². The van der Waals surface area contributed by atoms with Gasteiger partial charge in [0, 0.05) is 5.56 Å². The van der Waals surface area contributed by atoms with Crippen LogP contribution in [0.4, 0.5) is 4.39 Å². The average Bonchev–Trinajstić information content (AvgIpc) is 2.73. The van der Waals surface area contributed by atoms with E-state index < -0.39 is 11.8 Å². The Morgan fingerprint density at radius 2 is 1.83 bits per heavy atom. The molecule has 0 fully saturated rings. The van der Waals surface area contributed by atoms with Gasteiger partial charge >= 0.3 is 5.97 Å². The lowest BCUT2D eigenvalue weighted by molar-refractivity contribution is 0.0516. The van der Waals surface area contributed by atoms with Crippen molar-refractivity contribution in [2.45, 2.75) is 13.5 Å². The lowest BCUT2D eigenvalue weighted by Crippen LogP contribution is -2.15. The molecule has 29 heavy (non-hydrogen) atoms. The molecule has 0 bridgehead atoms. The predicted molar refractivity (Wildman–Crippen MR) is 110 cm³/mol. The number of nitrogens with two attached hydrogens (primary N) is 1. The highest BCUT2D eigenvalue weighted by Crippen LogP contribution is 2.26. The van der Waals surface area contributed by atoms with E-state index in [1.807, 2.05) is 25.1 Å². The standard InChI is InChI=1S/C22H18ClFN2O3/c1-14-5-10-19(23)20(11-14)28-13-15-3-2-4-17(12-15)22(27)29-26-21(25)16-6-8-18(24)9-7-16/h2-12H,13H2,1H3,(H2,25,26). The largest absolute Gasteiger partial charge is 0.487 e. The molecule has 0 unspecified atom stereocenters. The zero-order valence-electron chi connectivity index (χ0n) is 15.6. The molecule has 148 valence electrons. The monoisotopic (exact) mass is 412 g/mol. The third kappa shape index (κ3) is 5.56. The molecule has 0 radical (unpaired) electrons. The van der Waals surface area contributed by atoms with E-state index in [2.05, 4.69) is 5.16 Å². The summed E-state index contributed by atoms with van der Waals surface area (Å²) in [5.41, 5.74) is 8.27. The van der Waals surface area contributed by atoms with Crippen molar-refractivity contribution >= 4 is 23.4 Å². The van der Waals surface area contributed by atoms with E-state index in [0.717, 1.165) is 11.1 Å². The normalized spacial score (nSPS) is 11.2. The Kier molecular flexibility index (Phi) is 6.46. The number of hydrogen-bond donors (Lipinski definition) is 1. The summed E-state index contributed by atoms with van der Waals surface area (Å²) in [4.78, 5) is 17.1. The average molecular weight is 413 g/mol. The number of ether oxygens (including phenoxy) is 1. The minimum absolute atomic E-state index is 0.0353. The number of hydrogen-bond acceptors (Lipinski definition) is 4. The number of rotatable bonds is 6. The van der Waals surface area contributed by atoms with Gasteiger partial charge in [-0.25, -0.2) is 9.18 Å². The van der Waals surface area contributed by atoms with E-state index in [1.54, 1.807) is 24.3 Å². The molecule has 2 N–H and O–H groups in total. The summed E-state index contributed by atoms with van der Waals surface area (Å²) >= 11 is 6.13. The van der Waals surface area contributed by atoms with E-state index >= 15 is 0 Å². The summed E-state index contributed by atoms with van der Waals surface area (Å²) in [5, 5.41) is 4.13. The third-order valence-corrected chi connectivity index (χ3v) is 4.32. The second-order valence-corrected chi connectivity index (χ2v) is 6.69. The topological polar surface area (TPSA) is 73.9 Å². The highest BCUT2D eigenvalue weighted by molar-refractivity contribution is 6.32. The summed E-state index contributed by atoms with van der Waals surface area (Å²) in [6, 6.07) is 17.6. The molecule has 0 heterocycles. The van der Waals surface area contributed by atoms with Gasteiger partial charge < -0.3 is 15.3 Å². The Bertz CT molecular complexity index is 1050. The van der Waals surface area contributed by atoms with Crippen LogP contribution < -0.4 is 10.5 Å². The maximum absolute atomic E-state index is 13.0. The molecule has 0 amide bonds. The minimum atomic E-state index is -0.675. The van der Waals surface area contributed by atoms with Crippen LogP contribution in [0, 0.1) is 12.7 Å². The molecule has 0 saturated carbocycles. The van der Waals surface area contributed by atoms with E-state index in [1.165, 1.54) is 24.3 Å². The fourth-order valence-electron chi connectivity index (χ4n) is 2.49. The van der Waals surface area contributed by atoms with Gasteiger partial charge in [-0.1, -0.05) is 35.0 Å². The number of aryl methyl sites for hydroxylation is 1. The van der Waals surface area contributed by atoms with E-state index in [-0.39, 0.29) is 18.0 Å². The van der Waals surface area contributed by atoms with Crippen LogP contribution in [0.25, 0.3) is 0 Å². The maximum Gasteiger partial charge on any atom is 0.365 e. The van der Waals surface area contributed by atoms with Crippen LogP contribution in [-0.2, 0) is 11.4 Å². The lowest BCUT2D eigenvalue weighted by atomic mass is 10.1. The summed E-state index contributed by atoms with van der Waals surface area (Å²) in [6.45, 7) is 2.17. The fraction of sp³-hybridized carbons (Fsp3) is 0.0909. The van der Waals surface area contributed by atoms with E-state index in [9.17, 15) is 9.18 Å². The van der Waals surface area contributed by atoms with Crippen molar-refractivity contribution in [2.24, 2.45) is 10.9 Å². The molecule has 0 atom stereocenters. The first kappa shape index (κ1) is 20.4. The first-order chi connectivity index (χ1) is 13.9. The Labute approximate surface area is 172 Å². The first-order valence-corrected chi connectivity index (χ1v) is 9.09. The molecule has 5 nitrogen and oxygen atoms in total. The highest BCUT2D eigenvalue weighted by atomic mass is 35.5. The smallest absolute Gasteiger partial charge is 0.365 e. The molecular weight excluding hydrogens is 395 g/mol. The van der Waals surface area contributed by atoms with Crippen molar-refractivity contribution in [3.8, 4) is 5.75 Å². The summed E-state index contributed by atoms with van der Waals surface area (Å²) in [5.74, 6) is -0.543. The number of carbonyl (C=O) groups excluding carboxylic acids is 1. The molecule has 0 aliphatic heterocycles. The number of nitrogens with zero attached hydrogens (tertiary/aromatic N) is 1. The Hall–Kier alpha value is -3.38. The van der Waals surface area contributed by atoms with Gasteiger partial charge in [0.1, 0.15) is 18.2 Å². The third-order valence-electron chi connectivity index (χ3n) is 4.01. The number of amidine groups is 1. The summed E-state index contributed by atoms with van der Waals surface area (Å²) in [7, 11) is 0. The van der Waals surface area contributed by atoms with Gasteiger partial charge in [-0.05, 0) is 66.6 Å². The van der Waals surface area contributed by atoms with Gasteiger partial charge in [-0.3, -0.25) is 0 Å². The molecular formula is C22H18ClFN2O3. The van der Waals surface area contributed by atoms with Crippen molar-refractivity contribution < 1.29 is 18.8 Å². The van der Waals surface area contributed by atoms with Crippen LogP contribution in [0.3, 0.4) is 0 Å².